The highest BCUT2D eigenvalue weighted by Gasteiger charge is 2.08. The Kier molecular flexibility index (Phi) is 4.98. The number of nitrogens with one attached hydrogen (secondary N) is 1. The van der Waals surface area contributed by atoms with Gasteiger partial charge in [-0.15, -0.1) is 0 Å². The van der Waals surface area contributed by atoms with Gasteiger partial charge in [-0.1, -0.05) is 18.2 Å². The number of carbonyl (C=O) groups excluding carboxylic acids is 1. The SMILES string of the molecule is N#Cc1cccc(COc2cccc(NC(=O)c3cnccn3)c2)c1. The van der Waals surface area contributed by atoms with Gasteiger partial charge in [0.05, 0.1) is 17.8 Å². The average molecular weight is 330 g/mol. The lowest BCUT2D eigenvalue weighted by Crippen LogP contribution is -2.13. The average Bonchev–Trinajstić information content (AvgIpc) is 2.67. The first-order valence-electron chi connectivity index (χ1n) is 7.54. The zero-order valence-electron chi connectivity index (χ0n) is 13.2. The van der Waals surface area contributed by atoms with Crippen LogP contribution in [0.25, 0.3) is 0 Å². The molecule has 3 rings (SSSR count). The summed E-state index contributed by atoms with van der Waals surface area (Å²) in [4.78, 5) is 19.9. The van der Waals surface area contributed by atoms with Crippen LogP contribution in [0.4, 0.5) is 5.69 Å². The quantitative estimate of drug-likeness (QED) is 0.776. The van der Waals surface area contributed by atoms with Crippen molar-refractivity contribution in [2.45, 2.75) is 6.61 Å². The summed E-state index contributed by atoms with van der Waals surface area (Å²) in [6.07, 6.45) is 4.37. The lowest BCUT2D eigenvalue weighted by molar-refractivity contribution is 0.102. The van der Waals surface area contributed by atoms with E-state index in [-0.39, 0.29) is 11.6 Å². The lowest BCUT2D eigenvalue weighted by atomic mass is 10.1. The molecule has 0 aliphatic heterocycles. The van der Waals surface area contributed by atoms with Gasteiger partial charge in [-0.25, -0.2) is 4.98 Å². The number of rotatable bonds is 5. The minimum Gasteiger partial charge on any atom is -0.489 e. The molecule has 1 N–H and O–H groups in total. The predicted molar refractivity (Wildman–Crippen MR) is 91.9 cm³/mol. The van der Waals surface area contributed by atoms with Gasteiger partial charge in [-0.3, -0.25) is 9.78 Å². The maximum Gasteiger partial charge on any atom is 0.275 e. The number of anilines is 1. The van der Waals surface area contributed by atoms with E-state index in [4.69, 9.17) is 10.00 Å². The van der Waals surface area contributed by atoms with Crippen molar-refractivity contribution in [2.24, 2.45) is 0 Å². The maximum absolute atomic E-state index is 12.1. The second-order valence-electron chi connectivity index (χ2n) is 5.17. The van der Waals surface area contributed by atoms with Gasteiger partial charge in [-0.2, -0.15) is 5.26 Å². The standard InChI is InChI=1S/C19H14N4O2/c20-11-14-3-1-4-15(9-14)13-25-17-6-2-5-16(10-17)23-19(24)18-12-21-7-8-22-18/h1-10,12H,13H2,(H,23,24). The highest BCUT2D eigenvalue weighted by molar-refractivity contribution is 6.02. The Balaban J connectivity index is 1.65. The van der Waals surface area contributed by atoms with E-state index >= 15 is 0 Å². The Morgan fingerprint density at radius 1 is 1.16 bits per heavy atom. The molecule has 6 nitrogen and oxygen atoms in total. The van der Waals surface area contributed by atoms with Crippen molar-refractivity contribution >= 4 is 11.6 Å². The predicted octanol–water partition coefficient (Wildman–Crippen LogP) is 3.18. The summed E-state index contributed by atoms with van der Waals surface area (Å²) in [7, 11) is 0. The summed E-state index contributed by atoms with van der Waals surface area (Å²) in [5.41, 5.74) is 2.32. The van der Waals surface area contributed by atoms with Crippen LogP contribution in [0.5, 0.6) is 5.75 Å². The molecule has 1 amide bonds. The van der Waals surface area contributed by atoms with Crippen molar-refractivity contribution in [1.82, 2.24) is 9.97 Å². The summed E-state index contributed by atoms with van der Waals surface area (Å²) >= 11 is 0. The van der Waals surface area contributed by atoms with Crippen molar-refractivity contribution in [3.05, 3.63) is 83.9 Å². The molecule has 0 aliphatic carbocycles. The van der Waals surface area contributed by atoms with Crippen molar-refractivity contribution in [1.29, 1.82) is 5.26 Å². The van der Waals surface area contributed by atoms with Gasteiger partial charge in [0.25, 0.3) is 5.91 Å². The van der Waals surface area contributed by atoms with Gasteiger partial charge < -0.3 is 10.1 Å². The molecule has 0 saturated heterocycles. The Labute approximate surface area is 144 Å². The van der Waals surface area contributed by atoms with E-state index in [0.717, 1.165) is 5.56 Å². The number of hydrogen-bond donors (Lipinski definition) is 1. The molecule has 0 saturated carbocycles. The van der Waals surface area contributed by atoms with Crippen molar-refractivity contribution in [3.8, 4) is 11.8 Å². The minimum atomic E-state index is -0.341. The number of amides is 1. The van der Waals surface area contributed by atoms with Crippen LogP contribution < -0.4 is 10.1 Å². The first-order valence-corrected chi connectivity index (χ1v) is 7.54. The lowest BCUT2D eigenvalue weighted by Gasteiger charge is -2.09. The highest BCUT2D eigenvalue weighted by Crippen LogP contribution is 2.19. The van der Waals surface area contributed by atoms with Gasteiger partial charge in [0.1, 0.15) is 18.1 Å². The fraction of sp³-hybridized carbons (Fsp3) is 0.0526. The topological polar surface area (TPSA) is 87.9 Å². The largest absolute Gasteiger partial charge is 0.489 e. The summed E-state index contributed by atoms with van der Waals surface area (Å²) in [5, 5.41) is 11.7. The Hall–Kier alpha value is -3.72. The van der Waals surface area contributed by atoms with Crippen molar-refractivity contribution in [3.63, 3.8) is 0 Å². The van der Waals surface area contributed by atoms with Crippen LogP contribution in [0.3, 0.4) is 0 Å². The van der Waals surface area contributed by atoms with Gasteiger partial charge >= 0.3 is 0 Å². The highest BCUT2D eigenvalue weighted by atomic mass is 16.5. The maximum atomic E-state index is 12.1. The molecule has 0 unspecified atom stereocenters. The Morgan fingerprint density at radius 2 is 2.04 bits per heavy atom. The van der Waals surface area contributed by atoms with Crippen LogP contribution in [0.15, 0.2) is 67.1 Å². The molecular weight excluding hydrogens is 316 g/mol. The molecule has 0 bridgehead atoms. The van der Waals surface area contributed by atoms with E-state index in [9.17, 15) is 4.79 Å². The first kappa shape index (κ1) is 16.1. The summed E-state index contributed by atoms with van der Waals surface area (Å²) in [6, 6.07) is 16.4. The molecule has 25 heavy (non-hydrogen) atoms. The van der Waals surface area contributed by atoms with E-state index < -0.39 is 0 Å². The zero-order valence-corrected chi connectivity index (χ0v) is 13.2. The molecule has 6 heteroatoms. The normalized spacial score (nSPS) is 9.88. The molecular formula is C19H14N4O2. The molecule has 0 atom stereocenters. The number of ether oxygens (including phenoxy) is 1. The van der Waals surface area contributed by atoms with E-state index in [2.05, 4.69) is 21.4 Å². The minimum absolute atomic E-state index is 0.238. The molecule has 0 spiro atoms. The van der Waals surface area contributed by atoms with E-state index in [0.29, 0.717) is 23.6 Å². The molecule has 122 valence electrons. The van der Waals surface area contributed by atoms with Crippen LogP contribution in [0.1, 0.15) is 21.6 Å². The van der Waals surface area contributed by atoms with Crippen LogP contribution >= 0.6 is 0 Å². The van der Waals surface area contributed by atoms with Gasteiger partial charge in [0.15, 0.2) is 0 Å². The number of nitrogens with zero attached hydrogens (tertiary/aromatic N) is 3. The van der Waals surface area contributed by atoms with Crippen LogP contribution in [0.2, 0.25) is 0 Å². The number of hydrogen-bond acceptors (Lipinski definition) is 5. The first-order chi connectivity index (χ1) is 12.2. The summed E-state index contributed by atoms with van der Waals surface area (Å²) in [6.45, 7) is 0.330. The molecule has 0 aliphatic rings. The van der Waals surface area contributed by atoms with Crippen molar-refractivity contribution in [2.75, 3.05) is 5.32 Å². The molecule has 1 aromatic heterocycles. The molecule has 3 aromatic rings. The Bertz CT molecular complexity index is 920. The smallest absolute Gasteiger partial charge is 0.275 e. The summed E-state index contributed by atoms with van der Waals surface area (Å²) in [5.74, 6) is 0.270. The zero-order chi connectivity index (χ0) is 17.5. The van der Waals surface area contributed by atoms with E-state index in [1.54, 1.807) is 36.4 Å². The number of benzene rings is 2. The van der Waals surface area contributed by atoms with Crippen LogP contribution in [-0.2, 0) is 6.61 Å². The molecule has 2 aromatic carbocycles. The number of aromatic nitrogens is 2. The molecule has 1 heterocycles. The molecule has 0 radical (unpaired) electrons. The third-order valence-corrected chi connectivity index (χ3v) is 3.35. The van der Waals surface area contributed by atoms with Crippen LogP contribution in [0, 0.1) is 11.3 Å². The fourth-order valence-electron chi connectivity index (χ4n) is 2.17. The monoisotopic (exact) mass is 330 g/mol. The second kappa shape index (κ2) is 7.70. The molecule has 0 fully saturated rings. The number of carbonyl (C=O) groups is 1. The van der Waals surface area contributed by atoms with Gasteiger partial charge in [0, 0.05) is 24.1 Å². The summed E-state index contributed by atoms with van der Waals surface area (Å²) < 4.78 is 5.73. The third-order valence-electron chi connectivity index (χ3n) is 3.35. The van der Waals surface area contributed by atoms with Gasteiger partial charge in [0.2, 0.25) is 0 Å². The fourth-order valence-corrected chi connectivity index (χ4v) is 2.17. The number of nitriles is 1. The van der Waals surface area contributed by atoms with E-state index in [1.165, 1.54) is 18.6 Å². The van der Waals surface area contributed by atoms with Crippen LogP contribution in [-0.4, -0.2) is 15.9 Å². The third kappa shape index (κ3) is 4.39. The van der Waals surface area contributed by atoms with Gasteiger partial charge in [-0.05, 0) is 29.8 Å². The Morgan fingerprint density at radius 3 is 2.84 bits per heavy atom. The van der Waals surface area contributed by atoms with Crippen molar-refractivity contribution < 1.29 is 9.53 Å². The van der Waals surface area contributed by atoms with E-state index in [1.807, 2.05) is 12.1 Å². The second-order valence-corrected chi connectivity index (χ2v) is 5.17.